The molecule has 20 heavy (non-hydrogen) atoms. The molecule has 0 radical (unpaired) electrons. The average Bonchev–Trinajstić information content (AvgIpc) is 2.38. The number of carboxylic acid groups (broad SMARTS) is 1. The first kappa shape index (κ1) is 13.9. The normalized spacial score (nSPS) is 10.6. The number of alkyl halides is 2. The Balaban J connectivity index is 2.48. The fourth-order valence-electron chi connectivity index (χ4n) is 1.70. The summed E-state index contributed by atoms with van der Waals surface area (Å²) < 4.78 is 41.5. The topological polar surface area (TPSA) is 46.5 Å². The van der Waals surface area contributed by atoms with Crippen molar-refractivity contribution in [3.63, 3.8) is 0 Å². The lowest BCUT2D eigenvalue weighted by atomic mass is 10.0. The first-order valence-electron chi connectivity index (χ1n) is 5.55. The van der Waals surface area contributed by atoms with Crippen LogP contribution >= 0.6 is 0 Å². The summed E-state index contributed by atoms with van der Waals surface area (Å²) in [5, 5.41) is 8.96. The van der Waals surface area contributed by atoms with Gasteiger partial charge in [-0.3, -0.25) is 0 Å². The van der Waals surface area contributed by atoms with E-state index in [-0.39, 0.29) is 11.3 Å². The molecule has 0 saturated carbocycles. The van der Waals surface area contributed by atoms with E-state index in [2.05, 4.69) is 4.74 Å². The number of aromatic carboxylic acids is 1. The summed E-state index contributed by atoms with van der Waals surface area (Å²) in [7, 11) is 0. The van der Waals surface area contributed by atoms with Crippen molar-refractivity contribution in [2.45, 2.75) is 6.61 Å². The van der Waals surface area contributed by atoms with E-state index in [0.717, 1.165) is 6.07 Å². The van der Waals surface area contributed by atoms with Gasteiger partial charge in [0.15, 0.2) is 0 Å². The minimum Gasteiger partial charge on any atom is -0.478 e. The molecule has 0 aliphatic rings. The van der Waals surface area contributed by atoms with Crippen LogP contribution in [0, 0.1) is 5.82 Å². The van der Waals surface area contributed by atoms with Crippen molar-refractivity contribution in [3.05, 3.63) is 53.8 Å². The van der Waals surface area contributed by atoms with Crippen LogP contribution in [0.1, 0.15) is 10.4 Å². The molecule has 0 heterocycles. The number of rotatable bonds is 4. The molecule has 0 aliphatic carbocycles. The second-order valence-electron chi connectivity index (χ2n) is 3.94. The van der Waals surface area contributed by atoms with Gasteiger partial charge in [0.25, 0.3) is 0 Å². The van der Waals surface area contributed by atoms with Crippen LogP contribution in [0.2, 0.25) is 0 Å². The zero-order valence-corrected chi connectivity index (χ0v) is 10.0. The van der Waals surface area contributed by atoms with Crippen LogP contribution in [0.3, 0.4) is 0 Å². The highest BCUT2D eigenvalue weighted by molar-refractivity contribution is 5.90. The minimum atomic E-state index is -3.06. The zero-order valence-electron chi connectivity index (χ0n) is 10.0. The van der Waals surface area contributed by atoms with Gasteiger partial charge in [-0.15, -0.1) is 0 Å². The molecule has 2 aromatic carbocycles. The van der Waals surface area contributed by atoms with Gasteiger partial charge in [-0.05, 0) is 41.5 Å². The van der Waals surface area contributed by atoms with Crippen LogP contribution in [0.5, 0.6) is 5.75 Å². The second-order valence-corrected chi connectivity index (χ2v) is 3.94. The molecule has 0 unspecified atom stereocenters. The molecule has 104 valence electrons. The Kier molecular flexibility index (Phi) is 3.93. The number of ether oxygens (including phenoxy) is 1. The highest BCUT2D eigenvalue weighted by Gasteiger charge is 2.12. The molecule has 0 aromatic heterocycles. The lowest BCUT2D eigenvalue weighted by molar-refractivity contribution is -0.0498. The standard InChI is InChI=1S/C14H9F3O3/c15-11-3-1-8(2-4-11)9-5-10(13(18)19)7-12(6-9)20-14(16)17/h1-7,14H,(H,18,19). The number of halogens is 3. The number of carbonyl (C=O) groups is 1. The van der Waals surface area contributed by atoms with Crippen molar-refractivity contribution in [2.75, 3.05) is 0 Å². The minimum absolute atomic E-state index is 0.192. The van der Waals surface area contributed by atoms with Crippen molar-refractivity contribution in [1.29, 1.82) is 0 Å². The lowest BCUT2D eigenvalue weighted by Gasteiger charge is -2.09. The van der Waals surface area contributed by atoms with E-state index in [1.54, 1.807) is 0 Å². The number of benzene rings is 2. The maximum absolute atomic E-state index is 12.8. The summed E-state index contributed by atoms with van der Waals surface area (Å²) >= 11 is 0. The van der Waals surface area contributed by atoms with Crippen LogP contribution in [-0.4, -0.2) is 17.7 Å². The predicted octanol–water partition coefficient (Wildman–Crippen LogP) is 3.79. The first-order chi connectivity index (χ1) is 9.45. The highest BCUT2D eigenvalue weighted by Crippen LogP contribution is 2.27. The molecule has 2 aromatic rings. The predicted molar refractivity (Wildman–Crippen MR) is 65.4 cm³/mol. The quantitative estimate of drug-likeness (QED) is 0.928. The molecular formula is C14H9F3O3. The number of hydrogen-bond acceptors (Lipinski definition) is 2. The molecule has 0 bridgehead atoms. The summed E-state index contributed by atoms with van der Waals surface area (Å²) in [6.07, 6.45) is 0. The zero-order chi connectivity index (χ0) is 14.7. The third-order valence-corrected chi connectivity index (χ3v) is 2.56. The fourth-order valence-corrected chi connectivity index (χ4v) is 1.70. The summed E-state index contributed by atoms with van der Waals surface area (Å²) in [4.78, 5) is 11.0. The van der Waals surface area contributed by atoms with E-state index >= 15 is 0 Å². The van der Waals surface area contributed by atoms with Gasteiger partial charge in [-0.25, -0.2) is 9.18 Å². The maximum Gasteiger partial charge on any atom is 0.387 e. The largest absolute Gasteiger partial charge is 0.478 e. The van der Waals surface area contributed by atoms with Gasteiger partial charge in [-0.1, -0.05) is 12.1 Å². The van der Waals surface area contributed by atoms with E-state index < -0.39 is 18.4 Å². The molecule has 0 fully saturated rings. The van der Waals surface area contributed by atoms with Crippen LogP contribution in [0.15, 0.2) is 42.5 Å². The SMILES string of the molecule is O=C(O)c1cc(OC(F)F)cc(-c2ccc(F)cc2)c1. The van der Waals surface area contributed by atoms with Gasteiger partial charge in [0.05, 0.1) is 5.56 Å². The molecule has 3 nitrogen and oxygen atoms in total. The monoisotopic (exact) mass is 282 g/mol. The van der Waals surface area contributed by atoms with Gasteiger partial charge in [0, 0.05) is 0 Å². The molecule has 0 aliphatic heterocycles. The van der Waals surface area contributed by atoms with Crippen LogP contribution in [0.4, 0.5) is 13.2 Å². The Morgan fingerprint density at radius 2 is 1.70 bits per heavy atom. The van der Waals surface area contributed by atoms with Gasteiger partial charge in [-0.2, -0.15) is 8.78 Å². The smallest absolute Gasteiger partial charge is 0.387 e. The summed E-state index contributed by atoms with van der Waals surface area (Å²) in [5.41, 5.74) is 0.650. The maximum atomic E-state index is 12.8. The molecule has 0 atom stereocenters. The van der Waals surface area contributed by atoms with E-state index in [4.69, 9.17) is 5.11 Å². The Labute approximate surface area is 112 Å². The molecule has 1 N–H and O–H groups in total. The Hall–Kier alpha value is -2.50. The van der Waals surface area contributed by atoms with Gasteiger partial charge < -0.3 is 9.84 Å². The third-order valence-electron chi connectivity index (χ3n) is 2.56. The second kappa shape index (κ2) is 5.64. The molecule has 0 spiro atoms. The summed E-state index contributed by atoms with van der Waals surface area (Å²) in [5.74, 6) is -1.99. The number of hydrogen-bond donors (Lipinski definition) is 1. The van der Waals surface area contributed by atoms with Gasteiger partial charge in [0.2, 0.25) is 0 Å². The summed E-state index contributed by atoms with van der Waals surface area (Å²) in [6.45, 7) is -3.06. The van der Waals surface area contributed by atoms with E-state index in [9.17, 15) is 18.0 Å². The van der Waals surface area contributed by atoms with Gasteiger partial charge >= 0.3 is 12.6 Å². The molecule has 0 saturated heterocycles. The highest BCUT2D eigenvalue weighted by atomic mass is 19.3. The van der Waals surface area contributed by atoms with Gasteiger partial charge in [0.1, 0.15) is 11.6 Å². The Morgan fingerprint density at radius 3 is 2.25 bits per heavy atom. The average molecular weight is 282 g/mol. The van der Waals surface area contributed by atoms with Crippen molar-refractivity contribution >= 4 is 5.97 Å². The first-order valence-corrected chi connectivity index (χ1v) is 5.55. The fraction of sp³-hybridized carbons (Fsp3) is 0.0714. The van der Waals surface area contributed by atoms with Crippen LogP contribution in [0.25, 0.3) is 11.1 Å². The van der Waals surface area contributed by atoms with E-state index in [1.165, 1.54) is 36.4 Å². The van der Waals surface area contributed by atoms with Crippen molar-refractivity contribution in [3.8, 4) is 16.9 Å². The number of carboxylic acids is 1. The third kappa shape index (κ3) is 3.28. The Bertz CT molecular complexity index is 624. The van der Waals surface area contributed by atoms with Crippen molar-refractivity contribution in [2.24, 2.45) is 0 Å². The van der Waals surface area contributed by atoms with Crippen LogP contribution < -0.4 is 4.74 Å². The molecule has 0 amide bonds. The molecule has 6 heteroatoms. The van der Waals surface area contributed by atoms with E-state index in [0.29, 0.717) is 11.1 Å². The van der Waals surface area contributed by atoms with E-state index in [1.807, 2.05) is 0 Å². The molecule has 2 rings (SSSR count). The summed E-state index contributed by atoms with van der Waals surface area (Å²) in [6, 6.07) is 8.79. The van der Waals surface area contributed by atoms with Crippen molar-refractivity contribution in [1.82, 2.24) is 0 Å². The van der Waals surface area contributed by atoms with Crippen molar-refractivity contribution < 1.29 is 27.8 Å². The van der Waals surface area contributed by atoms with Crippen LogP contribution in [-0.2, 0) is 0 Å². The Morgan fingerprint density at radius 1 is 1.05 bits per heavy atom. The molecular weight excluding hydrogens is 273 g/mol. The lowest BCUT2D eigenvalue weighted by Crippen LogP contribution is -2.04.